The van der Waals surface area contributed by atoms with Crippen LogP contribution in [0.25, 0.3) is 11.0 Å². The minimum atomic E-state index is -0.563. The molecule has 20 heavy (non-hydrogen) atoms. The Balaban J connectivity index is 1.86. The highest BCUT2D eigenvalue weighted by atomic mass is 35.5. The fourth-order valence-corrected chi connectivity index (χ4v) is 2.01. The predicted octanol–water partition coefficient (Wildman–Crippen LogP) is 3.61. The number of anilines is 1. The number of nitrogens with zero attached hydrogens (tertiary/aromatic N) is 1. The van der Waals surface area contributed by atoms with Gasteiger partial charge >= 0.3 is 0 Å². The number of H-pyrrole nitrogens is 1. The molecule has 6 heteroatoms. The average molecular weight is 290 g/mol. The maximum atomic E-state index is 13.0. The third-order valence-corrected chi connectivity index (χ3v) is 3.09. The van der Waals surface area contributed by atoms with Crippen LogP contribution in [0.15, 0.2) is 42.5 Å². The van der Waals surface area contributed by atoms with Gasteiger partial charge in [0.2, 0.25) is 5.95 Å². The van der Waals surface area contributed by atoms with Crippen molar-refractivity contribution in [2.24, 2.45) is 0 Å². The van der Waals surface area contributed by atoms with E-state index in [9.17, 15) is 9.18 Å². The SMILES string of the molecule is O=C(Nc1nc2ccccc2[nH]1)c1ccc(F)c(Cl)c1. The Morgan fingerprint density at radius 2 is 2.05 bits per heavy atom. The van der Waals surface area contributed by atoms with Crippen LogP contribution in [0.1, 0.15) is 10.4 Å². The third-order valence-electron chi connectivity index (χ3n) is 2.80. The average Bonchev–Trinajstić information content (AvgIpc) is 2.83. The number of imidazole rings is 1. The first-order valence-corrected chi connectivity index (χ1v) is 6.22. The van der Waals surface area contributed by atoms with Gasteiger partial charge in [-0.15, -0.1) is 0 Å². The number of aromatic amines is 1. The highest BCUT2D eigenvalue weighted by molar-refractivity contribution is 6.31. The largest absolute Gasteiger partial charge is 0.324 e. The molecular weight excluding hydrogens is 281 g/mol. The fraction of sp³-hybridized carbons (Fsp3) is 0. The molecule has 1 heterocycles. The Hall–Kier alpha value is -2.40. The molecule has 0 atom stereocenters. The van der Waals surface area contributed by atoms with Gasteiger partial charge in [-0.2, -0.15) is 0 Å². The number of fused-ring (bicyclic) bond motifs is 1. The van der Waals surface area contributed by atoms with Crippen LogP contribution in [0, 0.1) is 5.82 Å². The summed E-state index contributed by atoms with van der Waals surface area (Å²) in [6, 6.07) is 11.2. The Morgan fingerprint density at radius 3 is 2.80 bits per heavy atom. The van der Waals surface area contributed by atoms with Crippen molar-refractivity contribution in [2.75, 3.05) is 5.32 Å². The minimum absolute atomic E-state index is 0.0951. The van der Waals surface area contributed by atoms with E-state index in [-0.39, 0.29) is 10.6 Å². The van der Waals surface area contributed by atoms with Gasteiger partial charge in [-0.1, -0.05) is 23.7 Å². The summed E-state index contributed by atoms with van der Waals surface area (Å²) in [5.74, 6) is -0.644. The maximum Gasteiger partial charge on any atom is 0.258 e. The highest BCUT2D eigenvalue weighted by Crippen LogP contribution is 2.18. The van der Waals surface area contributed by atoms with Crippen molar-refractivity contribution in [2.45, 2.75) is 0 Å². The lowest BCUT2D eigenvalue weighted by atomic mass is 10.2. The zero-order chi connectivity index (χ0) is 14.1. The zero-order valence-electron chi connectivity index (χ0n) is 10.2. The molecule has 0 bridgehead atoms. The number of amides is 1. The molecule has 0 spiro atoms. The van der Waals surface area contributed by atoms with Gasteiger partial charge < -0.3 is 4.98 Å². The van der Waals surface area contributed by atoms with Crippen LogP contribution in [-0.4, -0.2) is 15.9 Å². The Labute approximate surface area is 118 Å². The van der Waals surface area contributed by atoms with E-state index in [1.54, 1.807) is 0 Å². The lowest BCUT2D eigenvalue weighted by molar-refractivity contribution is 0.102. The van der Waals surface area contributed by atoms with E-state index in [1.807, 2.05) is 24.3 Å². The number of para-hydroxylation sites is 2. The van der Waals surface area contributed by atoms with Gasteiger partial charge in [0.1, 0.15) is 5.82 Å². The molecular formula is C14H9ClFN3O. The molecule has 0 radical (unpaired) electrons. The van der Waals surface area contributed by atoms with Gasteiger partial charge in [0.25, 0.3) is 5.91 Å². The van der Waals surface area contributed by atoms with Gasteiger partial charge in [0.05, 0.1) is 16.1 Å². The van der Waals surface area contributed by atoms with Gasteiger partial charge in [-0.3, -0.25) is 10.1 Å². The topological polar surface area (TPSA) is 57.8 Å². The minimum Gasteiger partial charge on any atom is -0.324 e. The molecule has 0 unspecified atom stereocenters. The molecule has 2 N–H and O–H groups in total. The number of carbonyl (C=O) groups is 1. The molecule has 1 aromatic heterocycles. The van der Waals surface area contributed by atoms with Crippen molar-refractivity contribution in [3.8, 4) is 0 Å². The number of hydrogen-bond donors (Lipinski definition) is 2. The van der Waals surface area contributed by atoms with Gasteiger partial charge in [0, 0.05) is 5.56 Å². The predicted molar refractivity (Wildman–Crippen MR) is 75.5 cm³/mol. The highest BCUT2D eigenvalue weighted by Gasteiger charge is 2.11. The molecule has 0 saturated carbocycles. The number of nitrogens with one attached hydrogen (secondary N) is 2. The summed E-state index contributed by atoms with van der Waals surface area (Å²) in [6.07, 6.45) is 0. The van der Waals surface area contributed by atoms with E-state index < -0.39 is 11.7 Å². The van der Waals surface area contributed by atoms with Gasteiger partial charge in [0.15, 0.2) is 0 Å². The number of rotatable bonds is 2. The van der Waals surface area contributed by atoms with Crippen LogP contribution >= 0.6 is 11.6 Å². The third kappa shape index (κ3) is 2.35. The molecule has 0 aliphatic carbocycles. The number of benzene rings is 2. The quantitative estimate of drug-likeness (QED) is 0.757. The monoisotopic (exact) mass is 289 g/mol. The van der Waals surface area contributed by atoms with Crippen LogP contribution in [0.3, 0.4) is 0 Å². The number of hydrogen-bond acceptors (Lipinski definition) is 2. The summed E-state index contributed by atoms with van der Waals surface area (Å²) in [6.45, 7) is 0. The number of carbonyl (C=O) groups excluding carboxylic acids is 1. The smallest absolute Gasteiger partial charge is 0.258 e. The van der Waals surface area contributed by atoms with Crippen molar-refractivity contribution in [1.82, 2.24) is 9.97 Å². The molecule has 100 valence electrons. The number of halogens is 2. The van der Waals surface area contributed by atoms with E-state index in [0.717, 1.165) is 17.1 Å². The van der Waals surface area contributed by atoms with Crippen molar-refractivity contribution >= 4 is 34.5 Å². The van der Waals surface area contributed by atoms with Crippen LogP contribution in [0.2, 0.25) is 5.02 Å². The fourth-order valence-electron chi connectivity index (χ4n) is 1.83. The van der Waals surface area contributed by atoms with Crippen LogP contribution in [0.5, 0.6) is 0 Å². The molecule has 2 aromatic carbocycles. The van der Waals surface area contributed by atoms with Crippen molar-refractivity contribution in [1.29, 1.82) is 0 Å². The van der Waals surface area contributed by atoms with Crippen LogP contribution in [-0.2, 0) is 0 Å². The summed E-state index contributed by atoms with van der Waals surface area (Å²) in [4.78, 5) is 19.2. The summed E-state index contributed by atoms with van der Waals surface area (Å²) in [5, 5.41) is 2.51. The van der Waals surface area contributed by atoms with Crippen LogP contribution < -0.4 is 5.32 Å². The second-order valence-electron chi connectivity index (χ2n) is 4.19. The molecule has 3 aromatic rings. The van der Waals surface area contributed by atoms with Crippen molar-refractivity contribution < 1.29 is 9.18 Å². The number of aromatic nitrogens is 2. The second-order valence-corrected chi connectivity index (χ2v) is 4.59. The second kappa shape index (κ2) is 4.94. The lowest BCUT2D eigenvalue weighted by Crippen LogP contribution is -2.13. The Bertz CT molecular complexity index is 767. The Morgan fingerprint density at radius 1 is 1.25 bits per heavy atom. The molecule has 1 amide bonds. The molecule has 0 saturated heterocycles. The van der Waals surface area contributed by atoms with E-state index in [1.165, 1.54) is 12.1 Å². The molecule has 3 rings (SSSR count). The first kappa shape index (κ1) is 12.6. The molecule has 0 aliphatic heterocycles. The summed E-state index contributed by atoms with van der Waals surface area (Å²) < 4.78 is 13.0. The van der Waals surface area contributed by atoms with Gasteiger partial charge in [-0.25, -0.2) is 9.37 Å². The first-order valence-electron chi connectivity index (χ1n) is 5.84. The molecule has 4 nitrogen and oxygen atoms in total. The summed E-state index contributed by atoms with van der Waals surface area (Å²) in [7, 11) is 0. The standard InChI is InChI=1S/C14H9ClFN3O/c15-9-7-8(5-6-10(9)16)13(20)19-14-17-11-3-1-2-4-12(11)18-14/h1-7H,(H2,17,18,19,20). The van der Waals surface area contributed by atoms with Gasteiger partial charge in [-0.05, 0) is 30.3 Å². The summed E-state index contributed by atoms with van der Waals surface area (Å²) in [5.41, 5.74) is 1.83. The van der Waals surface area contributed by atoms with Crippen molar-refractivity contribution in [3.05, 3.63) is 58.9 Å². The zero-order valence-corrected chi connectivity index (χ0v) is 10.9. The van der Waals surface area contributed by atoms with E-state index >= 15 is 0 Å². The first-order chi connectivity index (χ1) is 9.63. The Kier molecular flexibility index (Phi) is 3.12. The van der Waals surface area contributed by atoms with E-state index in [0.29, 0.717) is 5.95 Å². The molecule has 0 aliphatic rings. The van der Waals surface area contributed by atoms with Crippen molar-refractivity contribution in [3.63, 3.8) is 0 Å². The maximum absolute atomic E-state index is 13.0. The summed E-state index contributed by atoms with van der Waals surface area (Å²) >= 11 is 5.65. The van der Waals surface area contributed by atoms with E-state index in [2.05, 4.69) is 15.3 Å². The van der Waals surface area contributed by atoms with E-state index in [4.69, 9.17) is 11.6 Å². The van der Waals surface area contributed by atoms with Crippen LogP contribution in [0.4, 0.5) is 10.3 Å². The lowest BCUT2D eigenvalue weighted by Gasteiger charge is -2.02. The normalized spacial score (nSPS) is 10.7. The molecule has 0 fully saturated rings.